The Morgan fingerprint density at radius 2 is 2.14 bits per heavy atom. The van der Waals surface area contributed by atoms with Crippen molar-refractivity contribution in [1.82, 2.24) is 15.1 Å². The topological polar surface area (TPSA) is 72.9 Å². The Balaban J connectivity index is 1.51. The molecular weight excluding hydrogens is 276 g/mol. The van der Waals surface area contributed by atoms with E-state index in [2.05, 4.69) is 10.4 Å². The van der Waals surface area contributed by atoms with E-state index >= 15 is 0 Å². The Labute approximate surface area is 130 Å². The van der Waals surface area contributed by atoms with Crippen LogP contribution < -0.4 is 11.1 Å². The molecule has 1 saturated carbocycles. The van der Waals surface area contributed by atoms with Crippen LogP contribution in [0.5, 0.6) is 0 Å². The van der Waals surface area contributed by atoms with E-state index in [1.54, 1.807) is 6.20 Å². The third-order valence-corrected chi connectivity index (χ3v) is 4.31. The molecule has 5 heteroatoms. The van der Waals surface area contributed by atoms with E-state index in [0.29, 0.717) is 18.9 Å². The maximum absolute atomic E-state index is 12.0. The van der Waals surface area contributed by atoms with Gasteiger partial charge in [0.1, 0.15) is 0 Å². The largest absolute Gasteiger partial charge is 0.352 e. The molecule has 0 aliphatic heterocycles. The normalized spacial score (nSPS) is 21.0. The van der Waals surface area contributed by atoms with Gasteiger partial charge >= 0.3 is 0 Å². The number of nitrogens with zero attached hydrogens (tertiary/aromatic N) is 2. The molecule has 1 heterocycles. The standard InChI is InChI=1S/C17H22N4O/c18-16-8-4-5-14(16)9-17(22)19-10-13-11-20-21(12-13)15-6-2-1-3-7-15/h1-3,6-7,11-12,14,16H,4-5,8-10,18H2,(H,19,22)/t14-,16+/m0/s1. The van der Waals surface area contributed by atoms with Gasteiger partial charge in [0.25, 0.3) is 0 Å². The number of aromatic nitrogens is 2. The molecule has 22 heavy (non-hydrogen) atoms. The molecule has 1 aliphatic rings. The van der Waals surface area contributed by atoms with Gasteiger partial charge in [0.15, 0.2) is 0 Å². The SMILES string of the molecule is N[C@@H]1CCC[C@H]1CC(=O)NCc1cnn(-c2ccccc2)c1. The lowest BCUT2D eigenvalue weighted by molar-refractivity contribution is -0.122. The summed E-state index contributed by atoms with van der Waals surface area (Å²) in [5.41, 5.74) is 8.01. The summed E-state index contributed by atoms with van der Waals surface area (Å²) in [6.45, 7) is 0.508. The van der Waals surface area contributed by atoms with Crippen molar-refractivity contribution < 1.29 is 4.79 Å². The molecule has 3 N–H and O–H groups in total. The van der Waals surface area contributed by atoms with Gasteiger partial charge in [0, 0.05) is 30.8 Å². The number of carbonyl (C=O) groups is 1. The predicted molar refractivity (Wildman–Crippen MR) is 85.3 cm³/mol. The highest BCUT2D eigenvalue weighted by molar-refractivity contribution is 5.76. The smallest absolute Gasteiger partial charge is 0.220 e. The van der Waals surface area contributed by atoms with Crippen LogP contribution in [-0.2, 0) is 11.3 Å². The zero-order chi connectivity index (χ0) is 15.4. The van der Waals surface area contributed by atoms with Crippen molar-refractivity contribution >= 4 is 5.91 Å². The molecule has 0 unspecified atom stereocenters. The van der Waals surface area contributed by atoms with Crippen LogP contribution in [0.4, 0.5) is 0 Å². The number of hydrogen-bond donors (Lipinski definition) is 2. The minimum atomic E-state index is 0.0785. The maximum atomic E-state index is 12.0. The lowest BCUT2D eigenvalue weighted by Gasteiger charge is -2.14. The van der Waals surface area contributed by atoms with Crippen molar-refractivity contribution in [1.29, 1.82) is 0 Å². The Bertz CT molecular complexity index is 623. The quantitative estimate of drug-likeness (QED) is 0.887. The zero-order valence-corrected chi connectivity index (χ0v) is 12.6. The van der Waals surface area contributed by atoms with Gasteiger partial charge in [-0.25, -0.2) is 4.68 Å². The number of nitrogens with two attached hydrogens (primary N) is 1. The molecule has 1 fully saturated rings. The Kier molecular flexibility index (Phi) is 4.53. The lowest BCUT2D eigenvalue weighted by Crippen LogP contribution is -2.31. The van der Waals surface area contributed by atoms with Crippen molar-refractivity contribution in [3.05, 3.63) is 48.3 Å². The summed E-state index contributed by atoms with van der Waals surface area (Å²) in [6.07, 6.45) is 7.52. The highest BCUT2D eigenvalue weighted by Gasteiger charge is 2.25. The van der Waals surface area contributed by atoms with Crippen molar-refractivity contribution in [3.8, 4) is 5.69 Å². The zero-order valence-electron chi connectivity index (χ0n) is 12.6. The summed E-state index contributed by atoms with van der Waals surface area (Å²) in [7, 11) is 0. The van der Waals surface area contributed by atoms with E-state index in [4.69, 9.17) is 5.73 Å². The fourth-order valence-corrected chi connectivity index (χ4v) is 3.00. The van der Waals surface area contributed by atoms with E-state index in [0.717, 1.165) is 30.5 Å². The Morgan fingerprint density at radius 1 is 1.32 bits per heavy atom. The molecule has 1 aromatic carbocycles. The summed E-state index contributed by atoms with van der Waals surface area (Å²) < 4.78 is 1.81. The summed E-state index contributed by atoms with van der Waals surface area (Å²) in [5, 5.41) is 7.29. The highest BCUT2D eigenvalue weighted by atomic mass is 16.1. The minimum Gasteiger partial charge on any atom is -0.352 e. The predicted octanol–water partition coefficient (Wildman–Crippen LogP) is 2.01. The molecule has 1 amide bonds. The van der Waals surface area contributed by atoms with Crippen LogP contribution >= 0.6 is 0 Å². The number of hydrogen-bond acceptors (Lipinski definition) is 3. The lowest BCUT2D eigenvalue weighted by atomic mass is 10.00. The van der Waals surface area contributed by atoms with Crippen molar-refractivity contribution in [3.63, 3.8) is 0 Å². The molecule has 5 nitrogen and oxygen atoms in total. The number of carbonyl (C=O) groups excluding carboxylic acids is 1. The van der Waals surface area contributed by atoms with Crippen LogP contribution in [0.25, 0.3) is 5.69 Å². The van der Waals surface area contributed by atoms with Gasteiger partial charge in [-0.3, -0.25) is 4.79 Å². The van der Waals surface area contributed by atoms with Crippen molar-refractivity contribution in [2.24, 2.45) is 11.7 Å². The Morgan fingerprint density at radius 3 is 2.86 bits per heavy atom. The summed E-state index contributed by atoms with van der Waals surface area (Å²) in [4.78, 5) is 12.0. The second kappa shape index (κ2) is 6.75. The van der Waals surface area contributed by atoms with Gasteiger partial charge in [-0.1, -0.05) is 24.6 Å². The van der Waals surface area contributed by atoms with Crippen molar-refractivity contribution in [2.45, 2.75) is 38.3 Å². The van der Waals surface area contributed by atoms with E-state index < -0.39 is 0 Å². The summed E-state index contributed by atoms with van der Waals surface area (Å²) >= 11 is 0. The second-order valence-electron chi connectivity index (χ2n) is 5.96. The fourth-order valence-electron chi connectivity index (χ4n) is 3.00. The summed E-state index contributed by atoms with van der Waals surface area (Å²) in [6, 6.07) is 10.1. The maximum Gasteiger partial charge on any atom is 0.220 e. The minimum absolute atomic E-state index is 0.0785. The van der Waals surface area contributed by atoms with Crippen LogP contribution in [0.15, 0.2) is 42.7 Å². The first-order valence-electron chi connectivity index (χ1n) is 7.83. The first kappa shape index (κ1) is 14.8. The molecule has 1 aromatic heterocycles. The van der Waals surface area contributed by atoms with E-state index in [9.17, 15) is 4.79 Å². The van der Waals surface area contributed by atoms with Gasteiger partial charge in [-0.2, -0.15) is 5.10 Å². The molecular formula is C17H22N4O. The molecule has 2 aromatic rings. The van der Waals surface area contributed by atoms with Crippen LogP contribution in [0.2, 0.25) is 0 Å². The monoisotopic (exact) mass is 298 g/mol. The van der Waals surface area contributed by atoms with Gasteiger partial charge in [-0.05, 0) is 30.9 Å². The van der Waals surface area contributed by atoms with Crippen LogP contribution in [0.3, 0.4) is 0 Å². The van der Waals surface area contributed by atoms with E-state index in [-0.39, 0.29) is 11.9 Å². The van der Waals surface area contributed by atoms with Gasteiger partial charge in [0.05, 0.1) is 11.9 Å². The highest BCUT2D eigenvalue weighted by Crippen LogP contribution is 2.26. The fraction of sp³-hybridized carbons (Fsp3) is 0.412. The second-order valence-corrected chi connectivity index (χ2v) is 5.96. The first-order chi connectivity index (χ1) is 10.7. The molecule has 0 bridgehead atoms. The molecule has 3 rings (SSSR count). The summed E-state index contributed by atoms with van der Waals surface area (Å²) in [5.74, 6) is 0.418. The number of para-hydroxylation sites is 1. The first-order valence-corrected chi connectivity index (χ1v) is 7.83. The third kappa shape index (κ3) is 3.54. The number of benzene rings is 1. The Hall–Kier alpha value is -2.14. The molecule has 0 spiro atoms. The molecule has 2 atom stereocenters. The number of amides is 1. The van der Waals surface area contributed by atoms with Crippen LogP contribution in [0.1, 0.15) is 31.2 Å². The van der Waals surface area contributed by atoms with Gasteiger partial charge in [-0.15, -0.1) is 0 Å². The van der Waals surface area contributed by atoms with Crippen molar-refractivity contribution in [2.75, 3.05) is 0 Å². The van der Waals surface area contributed by atoms with E-state index in [1.165, 1.54) is 0 Å². The number of rotatable bonds is 5. The molecule has 0 radical (unpaired) electrons. The number of nitrogens with one attached hydrogen (secondary N) is 1. The average Bonchev–Trinajstić information content (AvgIpc) is 3.16. The van der Waals surface area contributed by atoms with Gasteiger partial charge in [0.2, 0.25) is 5.91 Å². The molecule has 0 saturated heterocycles. The molecule has 1 aliphatic carbocycles. The van der Waals surface area contributed by atoms with Crippen LogP contribution in [-0.4, -0.2) is 21.7 Å². The van der Waals surface area contributed by atoms with Crippen LogP contribution in [0, 0.1) is 5.92 Å². The van der Waals surface area contributed by atoms with Gasteiger partial charge < -0.3 is 11.1 Å². The molecule has 116 valence electrons. The van der Waals surface area contributed by atoms with E-state index in [1.807, 2.05) is 41.2 Å². The third-order valence-electron chi connectivity index (χ3n) is 4.31. The average molecular weight is 298 g/mol.